The highest BCUT2D eigenvalue weighted by Gasteiger charge is 2.19. The summed E-state index contributed by atoms with van der Waals surface area (Å²) in [5, 5.41) is 0. The Hall–Kier alpha value is -3.67. The van der Waals surface area contributed by atoms with Crippen molar-refractivity contribution >= 4 is 17.9 Å². The van der Waals surface area contributed by atoms with Gasteiger partial charge in [0.2, 0.25) is 0 Å². The van der Waals surface area contributed by atoms with E-state index >= 15 is 0 Å². The third kappa shape index (κ3) is 69.0. The first-order valence-electron chi connectivity index (χ1n) is 35.7. The first-order chi connectivity index (χ1) is 41.0. The monoisotopic (exact) mass is 1160 g/mol. The highest BCUT2D eigenvalue weighted by Crippen LogP contribution is 2.17. The fourth-order valence-corrected chi connectivity index (χ4v) is 10.2. The van der Waals surface area contributed by atoms with E-state index in [4.69, 9.17) is 14.2 Å². The van der Waals surface area contributed by atoms with Crippen LogP contribution < -0.4 is 0 Å². The molecule has 1 atom stereocenters. The van der Waals surface area contributed by atoms with Crippen LogP contribution in [0.5, 0.6) is 0 Å². The largest absolute Gasteiger partial charge is 0.462 e. The second-order valence-corrected chi connectivity index (χ2v) is 23.8. The highest BCUT2D eigenvalue weighted by molar-refractivity contribution is 5.71. The second-order valence-electron chi connectivity index (χ2n) is 23.8. The molecule has 0 N–H and O–H groups in total. The lowest BCUT2D eigenvalue weighted by Gasteiger charge is -2.18. The second kappa shape index (κ2) is 70.8. The van der Waals surface area contributed by atoms with E-state index in [0.717, 1.165) is 116 Å². The minimum Gasteiger partial charge on any atom is -0.462 e. The van der Waals surface area contributed by atoms with Gasteiger partial charge in [-0.25, -0.2) is 0 Å². The lowest BCUT2D eigenvalue weighted by molar-refractivity contribution is -0.167. The molecule has 0 amide bonds. The van der Waals surface area contributed by atoms with Gasteiger partial charge >= 0.3 is 17.9 Å². The Labute approximate surface area is 515 Å². The van der Waals surface area contributed by atoms with E-state index < -0.39 is 6.10 Å². The van der Waals surface area contributed by atoms with Crippen LogP contribution >= 0.6 is 0 Å². The molecule has 0 bridgehead atoms. The number of unbranched alkanes of at least 4 members (excludes halogenated alkanes) is 38. The van der Waals surface area contributed by atoms with Gasteiger partial charge in [0, 0.05) is 19.3 Å². The maximum atomic E-state index is 12.9. The van der Waals surface area contributed by atoms with E-state index in [9.17, 15) is 14.4 Å². The Balaban J connectivity index is 4.25. The van der Waals surface area contributed by atoms with Crippen LogP contribution in [0.3, 0.4) is 0 Å². The lowest BCUT2D eigenvalue weighted by atomic mass is 10.0. The summed E-state index contributed by atoms with van der Waals surface area (Å²) in [6.07, 6.45) is 95.7. The van der Waals surface area contributed by atoms with Gasteiger partial charge in [-0.05, 0) is 103 Å². The van der Waals surface area contributed by atoms with E-state index in [1.807, 2.05) is 0 Å². The lowest BCUT2D eigenvalue weighted by Crippen LogP contribution is -2.30. The van der Waals surface area contributed by atoms with Crippen LogP contribution in [0.25, 0.3) is 0 Å². The molecule has 0 aliphatic heterocycles. The molecule has 0 aromatic heterocycles. The summed E-state index contributed by atoms with van der Waals surface area (Å²) in [4.78, 5) is 38.4. The van der Waals surface area contributed by atoms with E-state index in [1.165, 1.54) is 199 Å². The average molecular weight is 1160 g/mol. The molecule has 83 heavy (non-hydrogen) atoms. The van der Waals surface area contributed by atoms with Crippen LogP contribution in [0.15, 0.2) is 97.2 Å². The van der Waals surface area contributed by atoms with Crippen LogP contribution in [0, 0.1) is 0 Å². The molecule has 0 fully saturated rings. The van der Waals surface area contributed by atoms with Gasteiger partial charge < -0.3 is 14.2 Å². The van der Waals surface area contributed by atoms with Crippen molar-refractivity contribution in [2.24, 2.45) is 0 Å². The molecule has 1 unspecified atom stereocenters. The van der Waals surface area contributed by atoms with Crippen LogP contribution in [0.4, 0.5) is 0 Å². The molecule has 6 nitrogen and oxygen atoms in total. The van der Waals surface area contributed by atoms with Crippen molar-refractivity contribution in [3.05, 3.63) is 97.2 Å². The topological polar surface area (TPSA) is 78.9 Å². The van der Waals surface area contributed by atoms with E-state index in [1.54, 1.807) is 0 Å². The van der Waals surface area contributed by atoms with Crippen LogP contribution in [-0.4, -0.2) is 37.2 Å². The van der Waals surface area contributed by atoms with Crippen LogP contribution in [-0.2, 0) is 28.6 Å². The van der Waals surface area contributed by atoms with Gasteiger partial charge in [-0.15, -0.1) is 0 Å². The Morgan fingerprint density at radius 2 is 0.470 bits per heavy atom. The summed E-state index contributed by atoms with van der Waals surface area (Å²) in [7, 11) is 0. The van der Waals surface area contributed by atoms with Gasteiger partial charge in [-0.2, -0.15) is 0 Å². The predicted molar refractivity (Wildman–Crippen MR) is 362 cm³/mol. The zero-order chi connectivity index (χ0) is 59.9. The first kappa shape index (κ1) is 79.3. The van der Waals surface area contributed by atoms with Gasteiger partial charge in [0.15, 0.2) is 6.10 Å². The van der Waals surface area contributed by atoms with Crippen molar-refractivity contribution in [2.45, 2.75) is 361 Å². The molecule has 478 valence electrons. The number of hydrogen-bond donors (Lipinski definition) is 0. The fraction of sp³-hybridized carbons (Fsp3) is 0.753. The maximum absolute atomic E-state index is 12.9. The van der Waals surface area contributed by atoms with E-state index in [2.05, 4.69) is 118 Å². The number of hydrogen-bond acceptors (Lipinski definition) is 6. The maximum Gasteiger partial charge on any atom is 0.306 e. The summed E-state index contributed by atoms with van der Waals surface area (Å²) in [6, 6.07) is 0. The van der Waals surface area contributed by atoms with Gasteiger partial charge in [-0.1, -0.05) is 330 Å². The SMILES string of the molecule is CC/C=C\C/C=C\C/C=C\C/C=C\C/C=C\C/C=C\C/C=C\CCCCCCCCCCCCCC(=O)OCC(COC(=O)CCCCCCCCCCCCCCCCCC)OC(=O)CCCCCCC/C=C\CCCCCCCCC. The molecule has 6 heteroatoms. The number of esters is 3. The van der Waals surface area contributed by atoms with Gasteiger partial charge in [-0.3, -0.25) is 14.4 Å². The number of allylic oxidation sites excluding steroid dienone is 16. The normalized spacial score (nSPS) is 12.7. The minimum absolute atomic E-state index is 0.0765. The number of ether oxygens (including phenoxy) is 3. The van der Waals surface area contributed by atoms with Gasteiger partial charge in [0.25, 0.3) is 0 Å². The molecule has 0 saturated heterocycles. The Kier molecular flexibility index (Phi) is 67.7. The first-order valence-corrected chi connectivity index (χ1v) is 35.7. The van der Waals surface area contributed by atoms with E-state index in [0.29, 0.717) is 19.3 Å². The van der Waals surface area contributed by atoms with Crippen LogP contribution in [0.1, 0.15) is 355 Å². The molecular formula is C77H134O6. The van der Waals surface area contributed by atoms with Crippen molar-refractivity contribution in [1.29, 1.82) is 0 Å². The molecule has 0 heterocycles. The Morgan fingerprint density at radius 3 is 0.747 bits per heavy atom. The van der Waals surface area contributed by atoms with Crippen molar-refractivity contribution in [3.63, 3.8) is 0 Å². The molecule has 0 aliphatic rings. The molecule has 0 rings (SSSR count). The molecule has 0 saturated carbocycles. The number of carbonyl (C=O) groups is 3. The average Bonchev–Trinajstić information content (AvgIpc) is 3.49. The quantitative estimate of drug-likeness (QED) is 0.0261. The number of carbonyl (C=O) groups excluding carboxylic acids is 3. The predicted octanol–water partition coefficient (Wildman–Crippen LogP) is 24.8. The molecule has 0 aromatic rings. The molecule has 0 aromatic carbocycles. The molecule has 0 radical (unpaired) electrons. The summed E-state index contributed by atoms with van der Waals surface area (Å²) in [6.45, 7) is 6.56. The van der Waals surface area contributed by atoms with Crippen LogP contribution in [0.2, 0.25) is 0 Å². The summed E-state index contributed by atoms with van der Waals surface area (Å²) in [5.41, 5.74) is 0. The molecule has 0 aliphatic carbocycles. The van der Waals surface area contributed by atoms with Crippen molar-refractivity contribution in [3.8, 4) is 0 Å². The Bertz CT molecular complexity index is 1610. The van der Waals surface area contributed by atoms with Crippen molar-refractivity contribution in [1.82, 2.24) is 0 Å². The third-order valence-electron chi connectivity index (χ3n) is 15.6. The standard InChI is InChI=1S/C77H134O6/c1-4-7-10-13-16-19-22-25-28-31-32-33-34-35-36-37-38-39-40-41-42-43-44-45-46-47-50-52-55-58-61-64-67-70-76(79)82-73-74(83-77(80)71-68-65-62-59-56-53-49-30-27-24-21-18-15-12-9-6-3)72-81-75(78)69-66-63-60-57-54-51-48-29-26-23-20-17-14-11-8-5-2/h7,10,16,19,25,28,30,32-33,35-36,38-39,41-42,49,74H,4-6,8-9,11-15,17-18,20-24,26-27,29,31,34,37,40,43-48,50-73H2,1-3H3/b10-7-,19-16-,28-25-,33-32-,36-35-,39-38-,42-41-,49-30-. The van der Waals surface area contributed by atoms with E-state index in [-0.39, 0.29) is 31.1 Å². The zero-order valence-electron chi connectivity index (χ0n) is 54.9. The summed E-state index contributed by atoms with van der Waals surface area (Å²) in [5.74, 6) is -0.869. The molecule has 0 spiro atoms. The zero-order valence-corrected chi connectivity index (χ0v) is 54.9. The summed E-state index contributed by atoms with van der Waals surface area (Å²) >= 11 is 0. The smallest absolute Gasteiger partial charge is 0.306 e. The Morgan fingerprint density at radius 1 is 0.253 bits per heavy atom. The minimum atomic E-state index is -0.782. The van der Waals surface area contributed by atoms with Crippen molar-refractivity contribution in [2.75, 3.05) is 13.2 Å². The van der Waals surface area contributed by atoms with Gasteiger partial charge in [0.05, 0.1) is 0 Å². The molecular weight excluding hydrogens is 1020 g/mol. The highest BCUT2D eigenvalue weighted by atomic mass is 16.6. The third-order valence-corrected chi connectivity index (χ3v) is 15.6. The van der Waals surface area contributed by atoms with Crippen molar-refractivity contribution < 1.29 is 28.6 Å². The summed E-state index contributed by atoms with van der Waals surface area (Å²) < 4.78 is 17.0. The number of rotatable bonds is 65. The fourth-order valence-electron chi connectivity index (χ4n) is 10.2. The van der Waals surface area contributed by atoms with Gasteiger partial charge in [0.1, 0.15) is 13.2 Å².